The lowest BCUT2D eigenvalue weighted by Crippen LogP contribution is -2.28. The molecule has 0 saturated heterocycles. The van der Waals surface area contributed by atoms with Crippen LogP contribution in [0.5, 0.6) is 0 Å². The van der Waals surface area contributed by atoms with Crippen molar-refractivity contribution in [3.05, 3.63) is 65.7 Å². The second kappa shape index (κ2) is 7.67. The summed E-state index contributed by atoms with van der Waals surface area (Å²) in [5, 5.41) is 3.78. The SMILES string of the molecule is CSc1ccc(C(C)NC(c2ccccc2)C(C)C)cc1. The monoisotopic (exact) mass is 299 g/mol. The summed E-state index contributed by atoms with van der Waals surface area (Å²) in [5.41, 5.74) is 2.70. The van der Waals surface area contributed by atoms with Gasteiger partial charge in [-0.05, 0) is 42.4 Å². The molecule has 0 bridgehead atoms. The minimum Gasteiger partial charge on any atom is -0.303 e. The van der Waals surface area contributed by atoms with E-state index in [0.717, 1.165) is 0 Å². The first-order chi connectivity index (χ1) is 10.1. The molecule has 1 nitrogen and oxygen atoms in total. The highest BCUT2D eigenvalue weighted by Crippen LogP contribution is 2.26. The maximum Gasteiger partial charge on any atom is 0.0348 e. The second-order valence-electron chi connectivity index (χ2n) is 5.79. The number of hydrogen-bond donors (Lipinski definition) is 1. The minimum absolute atomic E-state index is 0.341. The Bertz CT molecular complexity index is 533. The summed E-state index contributed by atoms with van der Waals surface area (Å²) < 4.78 is 0. The molecule has 0 radical (unpaired) electrons. The van der Waals surface area contributed by atoms with Gasteiger partial charge in [0.1, 0.15) is 0 Å². The van der Waals surface area contributed by atoms with Crippen LogP contribution in [0.4, 0.5) is 0 Å². The fourth-order valence-corrected chi connectivity index (χ4v) is 3.00. The van der Waals surface area contributed by atoms with E-state index in [0.29, 0.717) is 18.0 Å². The van der Waals surface area contributed by atoms with Crippen molar-refractivity contribution in [2.45, 2.75) is 37.8 Å². The first kappa shape index (κ1) is 16.1. The molecule has 0 spiro atoms. The average Bonchev–Trinajstić information content (AvgIpc) is 2.53. The molecule has 0 aromatic heterocycles. The van der Waals surface area contributed by atoms with E-state index in [2.05, 4.69) is 86.9 Å². The van der Waals surface area contributed by atoms with Gasteiger partial charge >= 0.3 is 0 Å². The van der Waals surface area contributed by atoms with E-state index < -0.39 is 0 Å². The third-order valence-corrected chi connectivity index (χ3v) is 4.61. The third kappa shape index (κ3) is 4.36. The molecule has 0 aliphatic carbocycles. The zero-order chi connectivity index (χ0) is 15.2. The highest BCUT2D eigenvalue weighted by atomic mass is 32.2. The van der Waals surface area contributed by atoms with Crippen LogP contribution >= 0.6 is 11.8 Å². The summed E-state index contributed by atoms with van der Waals surface area (Å²) in [6.45, 7) is 6.79. The van der Waals surface area contributed by atoms with E-state index >= 15 is 0 Å². The Morgan fingerprint density at radius 3 is 1.95 bits per heavy atom. The number of thioether (sulfide) groups is 1. The van der Waals surface area contributed by atoms with Crippen molar-refractivity contribution in [3.63, 3.8) is 0 Å². The van der Waals surface area contributed by atoms with E-state index in [1.54, 1.807) is 11.8 Å². The van der Waals surface area contributed by atoms with Gasteiger partial charge in [0.05, 0.1) is 0 Å². The predicted molar refractivity (Wildman–Crippen MR) is 93.8 cm³/mol. The number of benzene rings is 2. The molecule has 0 saturated carbocycles. The van der Waals surface area contributed by atoms with Crippen molar-refractivity contribution < 1.29 is 0 Å². The van der Waals surface area contributed by atoms with Crippen molar-refractivity contribution in [1.29, 1.82) is 0 Å². The quantitative estimate of drug-likeness (QED) is 0.711. The molecular weight excluding hydrogens is 274 g/mol. The molecule has 112 valence electrons. The van der Waals surface area contributed by atoms with Crippen molar-refractivity contribution in [2.75, 3.05) is 6.26 Å². The maximum absolute atomic E-state index is 3.78. The van der Waals surface area contributed by atoms with E-state index in [1.165, 1.54) is 16.0 Å². The van der Waals surface area contributed by atoms with Gasteiger partial charge in [-0.3, -0.25) is 0 Å². The summed E-state index contributed by atoms with van der Waals surface area (Å²) >= 11 is 1.78. The normalized spacial score (nSPS) is 14.1. The van der Waals surface area contributed by atoms with Crippen LogP contribution in [-0.2, 0) is 0 Å². The molecule has 2 heteroatoms. The molecule has 2 aromatic carbocycles. The van der Waals surface area contributed by atoms with E-state index in [4.69, 9.17) is 0 Å². The van der Waals surface area contributed by atoms with Crippen LogP contribution in [0.2, 0.25) is 0 Å². The van der Waals surface area contributed by atoms with Crippen LogP contribution in [0.15, 0.2) is 59.5 Å². The molecule has 21 heavy (non-hydrogen) atoms. The Balaban J connectivity index is 2.12. The zero-order valence-corrected chi connectivity index (χ0v) is 14.2. The molecule has 2 rings (SSSR count). The van der Waals surface area contributed by atoms with Gasteiger partial charge in [0.15, 0.2) is 0 Å². The maximum atomic E-state index is 3.78. The minimum atomic E-state index is 0.341. The van der Waals surface area contributed by atoms with Crippen LogP contribution in [-0.4, -0.2) is 6.26 Å². The van der Waals surface area contributed by atoms with E-state index in [-0.39, 0.29) is 0 Å². The molecule has 0 heterocycles. The van der Waals surface area contributed by atoms with Gasteiger partial charge in [0.25, 0.3) is 0 Å². The largest absolute Gasteiger partial charge is 0.303 e. The second-order valence-corrected chi connectivity index (χ2v) is 6.67. The summed E-state index contributed by atoms with van der Waals surface area (Å²) in [7, 11) is 0. The lowest BCUT2D eigenvalue weighted by molar-refractivity contribution is 0.374. The molecule has 0 fully saturated rings. The first-order valence-corrected chi connectivity index (χ1v) is 8.79. The van der Waals surface area contributed by atoms with Gasteiger partial charge in [-0.2, -0.15) is 0 Å². The van der Waals surface area contributed by atoms with Gasteiger partial charge in [0.2, 0.25) is 0 Å². The number of hydrogen-bond acceptors (Lipinski definition) is 2. The van der Waals surface area contributed by atoms with Crippen LogP contribution in [0.3, 0.4) is 0 Å². The van der Waals surface area contributed by atoms with Gasteiger partial charge in [-0.25, -0.2) is 0 Å². The highest BCUT2D eigenvalue weighted by Gasteiger charge is 2.18. The lowest BCUT2D eigenvalue weighted by atomic mass is 9.94. The highest BCUT2D eigenvalue weighted by molar-refractivity contribution is 7.98. The summed E-state index contributed by atoms with van der Waals surface area (Å²) in [6, 6.07) is 20.3. The summed E-state index contributed by atoms with van der Waals surface area (Å²) in [5.74, 6) is 0.556. The zero-order valence-electron chi connectivity index (χ0n) is 13.3. The molecule has 0 aliphatic heterocycles. The van der Waals surface area contributed by atoms with Gasteiger partial charge in [-0.1, -0.05) is 56.3 Å². The predicted octanol–water partition coefficient (Wildman–Crippen LogP) is 5.46. The Morgan fingerprint density at radius 1 is 0.810 bits per heavy atom. The van der Waals surface area contributed by atoms with Crippen LogP contribution in [0, 0.1) is 5.92 Å². The molecule has 2 atom stereocenters. The van der Waals surface area contributed by atoms with E-state index in [9.17, 15) is 0 Å². The molecule has 1 N–H and O–H groups in total. The fraction of sp³-hybridized carbons (Fsp3) is 0.368. The smallest absolute Gasteiger partial charge is 0.0348 e. The summed E-state index contributed by atoms with van der Waals surface area (Å²) in [6.07, 6.45) is 2.11. The van der Waals surface area contributed by atoms with Crippen molar-refractivity contribution >= 4 is 11.8 Å². The van der Waals surface area contributed by atoms with Crippen molar-refractivity contribution in [1.82, 2.24) is 5.32 Å². The van der Waals surface area contributed by atoms with Crippen molar-refractivity contribution in [3.8, 4) is 0 Å². The number of nitrogens with one attached hydrogen (secondary N) is 1. The van der Waals surface area contributed by atoms with Crippen molar-refractivity contribution in [2.24, 2.45) is 5.92 Å². The average molecular weight is 299 g/mol. The summed E-state index contributed by atoms with van der Waals surface area (Å²) in [4.78, 5) is 1.31. The Labute approximate surface area is 133 Å². The molecule has 2 aromatic rings. The topological polar surface area (TPSA) is 12.0 Å². The van der Waals surface area contributed by atoms with Crippen LogP contribution in [0.1, 0.15) is 44.0 Å². The molecular formula is C19H25NS. The van der Waals surface area contributed by atoms with E-state index in [1.807, 2.05) is 0 Å². The Hall–Kier alpha value is -1.25. The lowest BCUT2D eigenvalue weighted by Gasteiger charge is -2.27. The standard InChI is InChI=1S/C19H25NS/c1-14(2)19(17-8-6-5-7-9-17)20-15(3)16-10-12-18(21-4)13-11-16/h5-15,19-20H,1-4H3. The fourth-order valence-electron chi connectivity index (χ4n) is 2.59. The molecule has 0 aliphatic rings. The first-order valence-electron chi connectivity index (χ1n) is 7.56. The van der Waals surface area contributed by atoms with Crippen LogP contribution in [0.25, 0.3) is 0 Å². The third-order valence-electron chi connectivity index (χ3n) is 3.87. The van der Waals surface area contributed by atoms with Gasteiger partial charge < -0.3 is 5.32 Å². The van der Waals surface area contributed by atoms with Crippen LogP contribution < -0.4 is 5.32 Å². The Kier molecular flexibility index (Phi) is 5.89. The van der Waals surface area contributed by atoms with Gasteiger partial charge in [-0.15, -0.1) is 11.8 Å². The number of rotatable bonds is 6. The molecule has 0 amide bonds. The Morgan fingerprint density at radius 2 is 1.43 bits per heavy atom. The van der Waals surface area contributed by atoms with Gasteiger partial charge in [0, 0.05) is 17.0 Å². The molecule has 2 unspecified atom stereocenters.